The second-order valence-electron chi connectivity index (χ2n) is 4.09. The van der Waals surface area contributed by atoms with Gasteiger partial charge in [-0.05, 0) is 47.2 Å². The first-order valence-corrected chi connectivity index (χ1v) is 8.48. The van der Waals surface area contributed by atoms with Crippen molar-refractivity contribution in [2.24, 2.45) is 0 Å². The molecule has 0 saturated heterocycles. The molecule has 2 rings (SSSR count). The Morgan fingerprint density at radius 2 is 1.64 bits per heavy atom. The number of carbonyl (C=O) groups excluding carboxylic acids is 2. The van der Waals surface area contributed by atoms with E-state index in [1.54, 1.807) is 31.4 Å². The molecule has 0 bridgehead atoms. The molecule has 114 valence electrons. The lowest BCUT2D eigenvalue weighted by Gasteiger charge is -2.06. The number of methoxy groups -OCH3 is 1. The van der Waals surface area contributed by atoms with E-state index >= 15 is 0 Å². The topological polar surface area (TPSA) is 67.4 Å². The summed E-state index contributed by atoms with van der Waals surface area (Å²) in [6, 6.07) is 16.3. The van der Waals surface area contributed by atoms with Gasteiger partial charge in [-0.3, -0.25) is 14.3 Å². The number of hydrogen-bond acceptors (Lipinski definition) is 5. The molecule has 0 atom stereocenters. The molecule has 2 aromatic carbocycles. The minimum Gasteiger partial charge on any atom is -0.497 e. The van der Waals surface area contributed by atoms with Crippen LogP contribution in [-0.2, 0) is 9.59 Å². The van der Waals surface area contributed by atoms with Gasteiger partial charge in [0.1, 0.15) is 5.75 Å². The van der Waals surface area contributed by atoms with Crippen LogP contribution in [0, 0.1) is 0 Å². The molecule has 22 heavy (non-hydrogen) atoms. The fourth-order valence-corrected chi connectivity index (χ4v) is 3.04. The second kappa shape index (κ2) is 8.35. The Bertz CT molecular complexity index is 633. The van der Waals surface area contributed by atoms with E-state index in [4.69, 9.17) is 4.74 Å². The Morgan fingerprint density at radius 1 is 0.955 bits per heavy atom. The number of rotatable bonds is 5. The first kappa shape index (κ1) is 16.3. The van der Waals surface area contributed by atoms with Gasteiger partial charge in [-0.15, -0.1) is 0 Å². The lowest BCUT2D eigenvalue weighted by molar-refractivity contribution is -0.134. The van der Waals surface area contributed by atoms with E-state index in [2.05, 4.69) is 10.0 Å². The van der Waals surface area contributed by atoms with Crippen LogP contribution in [0.3, 0.4) is 0 Å². The zero-order valence-corrected chi connectivity index (χ0v) is 13.4. The van der Waals surface area contributed by atoms with Crippen LogP contribution >= 0.6 is 21.8 Å². The molecule has 2 amide bonds. The maximum atomic E-state index is 11.7. The van der Waals surface area contributed by atoms with E-state index in [-0.39, 0.29) is 0 Å². The Balaban J connectivity index is 1.78. The van der Waals surface area contributed by atoms with Crippen molar-refractivity contribution in [2.75, 3.05) is 12.4 Å². The molecule has 0 heterocycles. The summed E-state index contributed by atoms with van der Waals surface area (Å²) >= 11 is 0. The zero-order valence-electron chi connectivity index (χ0n) is 11.7. The fourth-order valence-electron chi connectivity index (χ4n) is 1.49. The van der Waals surface area contributed by atoms with Gasteiger partial charge in [0, 0.05) is 21.6 Å². The maximum absolute atomic E-state index is 11.7. The van der Waals surface area contributed by atoms with Gasteiger partial charge in [0.2, 0.25) is 0 Å². The first-order chi connectivity index (χ1) is 10.7. The van der Waals surface area contributed by atoms with Crippen LogP contribution in [0.15, 0.2) is 59.5 Å². The Hall–Kier alpha value is -2.12. The number of amides is 2. The van der Waals surface area contributed by atoms with Crippen molar-refractivity contribution in [3.63, 3.8) is 0 Å². The molecule has 0 aliphatic rings. The molecule has 0 fully saturated rings. The van der Waals surface area contributed by atoms with Gasteiger partial charge in [-0.1, -0.05) is 18.2 Å². The summed E-state index contributed by atoms with van der Waals surface area (Å²) in [5, 5.41) is 2.51. The standard InChI is InChI=1S/C15H14N2O3S2/c1-20-12-9-7-11(8-10-12)16-14(18)15(19)17-22-21-13-5-3-2-4-6-13/h2-10H,1H3,(H,16,18)(H,17,19). The van der Waals surface area contributed by atoms with Crippen LogP contribution < -0.4 is 14.8 Å². The predicted octanol–water partition coefficient (Wildman–Crippen LogP) is 3.11. The summed E-state index contributed by atoms with van der Waals surface area (Å²) in [5.74, 6) is -0.743. The lowest BCUT2D eigenvalue weighted by atomic mass is 10.3. The van der Waals surface area contributed by atoms with Crippen LogP contribution in [0.2, 0.25) is 0 Å². The number of benzene rings is 2. The Kier molecular flexibility index (Phi) is 6.17. The molecule has 0 saturated carbocycles. The van der Waals surface area contributed by atoms with Gasteiger partial charge in [-0.2, -0.15) is 0 Å². The number of anilines is 1. The fraction of sp³-hybridized carbons (Fsp3) is 0.0667. The van der Waals surface area contributed by atoms with Gasteiger partial charge >= 0.3 is 11.8 Å². The summed E-state index contributed by atoms with van der Waals surface area (Å²) in [5.41, 5.74) is 0.529. The molecule has 0 aliphatic heterocycles. The van der Waals surface area contributed by atoms with E-state index in [0.29, 0.717) is 11.4 Å². The molecule has 2 aromatic rings. The molecule has 2 N–H and O–H groups in total. The van der Waals surface area contributed by atoms with Crippen LogP contribution in [0.4, 0.5) is 5.69 Å². The molecule has 0 aliphatic carbocycles. The Labute approximate surface area is 136 Å². The zero-order chi connectivity index (χ0) is 15.8. The van der Waals surface area contributed by atoms with Gasteiger partial charge in [-0.25, -0.2) is 0 Å². The van der Waals surface area contributed by atoms with E-state index in [9.17, 15) is 9.59 Å². The third-order valence-corrected chi connectivity index (χ3v) is 4.46. The molecule has 5 nitrogen and oxygen atoms in total. The highest BCUT2D eigenvalue weighted by molar-refractivity contribution is 8.76. The van der Waals surface area contributed by atoms with Gasteiger partial charge in [0.15, 0.2) is 0 Å². The van der Waals surface area contributed by atoms with E-state index in [1.807, 2.05) is 30.3 Å². The van der Waals surface area contributed by atoms with Crippen molar-refractivity contribution >= 4 is 39.3 Å². The largest absolute Gasteiger partial charge is 0.497 e. The lowest BCUT2D eigenvalue weighted by Crippen LogP contribution is -2.30. The van der Waals surface area contributed by atoms with Crippen LogP contribution in [0.5, 0.6) is 5.75 Å². The number of nitrogens with one attached hydrogen (secondary N) is 2. The highest BCUT2D eigenvalue weighted by atomic mass is 33.1. The molecular weight excluding hydrogens is 320 g/mol. The normalized spacial score (nSPS) is 9.86. The molecular formula is C15H14N2O3S2. The molecule has 7 heteroatoms. The predicted molar refractivity (Wildman–Crippen MR) is 89.7 cm³/mol. The quantitative estimate of drug-likeness (QED) is 0.500. The van der Waals surface area contributed by atoms with Gasteiger partial charge in [0.05, 0.1) is 7.11 Å². The molecule has 0 radical (unpaired) electrons. The van der Waals surface area contributed by atoms with Crippen molar-refractivity contribution in [2.45, 2.75) is 4.90 Å². The number of hydrogen-bond donors (Lipinski definition) is 2. The summed E-state index contributed by atoms with van der Waals surface area (Å²) in [7, 11) is 4.02. The number of ether oxygens (including phenoxy) is 1. The third kappa shape index (κ3) is 5.01. The smallest absolute Gasteiger partial charge is 0.320 e. The summed E-state index contributed by atoms with van der Waals surface area (Å²) in [6.45, 7) is 0. The van der Waals surface area contributed by atoms with Crippen LogP contribution in [0.1, 0.15) is 0 Å². The second-order valence-corrected chi connectivity index (χ2v) is 6.10. The average Bonchev–Trinajstić information content (AvgIpc) is 2.56. The van der Waals surface area contributed by atoms with E-state index in [0.717, 1.165) is 15.9 Å². The van der Waals surface area contributed by atoms with E-state index < -0.39 is 11.8 Å². The maximum Gasteiger partial charge on any atom is 0.320 e. The average molecular weight is 334 g/mol. The summed E-state index contributed by atoms with van der Waals surface area (Å²) in [6.07, 6.45) is 0. The summed E-state index contributed by atoms with van der Waals surface area (Å²) < 4.78 is 7.50. The van der Waals surface area contributed by atoms with Crippen molar-refractivity contribution in [1.29, 1.82) is 0 Å². The van der Waals surface area contributed by atoms with Crippen molar-refractivity contribution in [3.05, 3.63) is 54.6 Å². The van der Waals surface area contributed by atoms with Crippen molar-refractivity contribution in [3.8, 4) is 5.75 Å². The third-order valence-electron chi connectivity index (χ3n) is 2.57. The molecule has 0 spiro atoms. The summed E-state index contributed by atoms with van der Waals surface area (Å²) in [4.78, 5) is 24.4. The highest BCUT2D eigenvalue weighted by Crippen LogP contribution is 2.27. The first-order valence-electron chi connectivity index (χ1n) is 6.33. The van der Waals surface area contributed by atoms with Crippen LogP contribution in [-0.4, -0.2) is 18.9 Å². The van der Waals surface area contributed by atoms with Gasteiger partial charge in [0.25, 0.3) is 0 Å². The SMILES string of the molecule is COc1ccc(NC(=O)C(=O)NSSc2ccccc2)cc1. The van der Waals surface area contributed by atoms with Gasteiger partial charge < -0.3 is 10.1 Å². The minimum atomic E-state index is -0.716. The number of carbonyl (C=O) groups is 2. The highest BCUT2D eigenvalue weighted by Gasteiger charge is 2.13. The van der Waals surface area contributed by atoms with Crippen molar-refractivity contribution < 1.29 is 14.3 Å². The molecule has 0 aromatic heterocycles. The van der Waals surface area contributed by atoms with Crippen LogP contribution in [0.25, 0.3) is 0 Å². The van der Waals surface area contributed by atoms with E-state index in [1.165, 1.54) is 10.8 Å². The molecule has 0 unspecified atom stereocenters. The monoisotopic (exact) mass is 334 g/mol. The minimum absolute atomic E-state index is 0.529. The van der Waals surface area contributed by atoms with Crippen molar-refractivity contribution in [1.82, 2.24) is 4.72 Å². The Morgan fingerprint density at radius 3 is 2.27 bits per heavy atom.